The number of hydrogen-bond acceptors (Lipinski definition) is 6. The van der Waals surface area contributed by atoms with E-state index in [2.05, 4.69) is 0 Å². The van der Waals surface area contributed by atoms with Crippen LogP contribution in [-0.2, 0) is 22.8 Å². The lowest BCUT2D eigenvalue weighted by Crippen LogP contribution is -2.51. The third-order valence-electron chi connectivity index (χ3n) is 6.75. The largest absolute Gasteiger partial charge is 0.500 e. The third kappa shape index (κ3) is 4.68. The topological polar surface area (TPSA) is 74.2 Å². The molecule has 2 unspecified atom stereocenters. The van der Waals surface area contributed by atoms with Gasteiger partial charge in [-0.25, -0.2) is 0 Å². The summed E-state index contributed by atoms with van der Waals surface area (Å²) in [5.74, 6) is 0.184. The van der Waals surface area contributed by atoms with E-state index in [9.17, 15) is 9.90 Å². The summed E-state index contributed by atoms with van der Waals surface area (Å²) < 4.78 is 21.5. The first kappa shape index (κ1) is 21.8. The number of esters is 1. The highest BCUT2D eigenvalue weighted by Crippen LogP contribution is 2.47. The summed E-state index contributed by atoms with van der Waals surface area (Å²) in [6, 6.07) is 0.820. The van der Waals surface area contributed by atoms with Crippen LogP contribution in [0.25, 0.3) is 0 Å². The Morgan fingerprint density at radius 3 is 2.15 bits per heavy atom. The predicted octanol–water partition coefficient (Wildman–Crippen LogP) is 3.16. The number of carbonyl (C=O) groups is 1. The minimum atomic E-state index is -2.51. The molecule has 1 N–H and O–H groups in total. The highest BCUT2D eigenvalue weighted by molar-refractivity contribution is 6.60. The Hall–Kier alpha value is -0.473. The van der Waals surface area contributed by atoms with Crippen molar-refractivity contribution in [1.82, 2.24) is 0 Å². The normalized spacial score (nSPS) is 33.0. The Labute approximate surface area is 158 Å². The number of hydrogen-bond donors (Lipinski definition) is 1. The molecule has 26 heavy (non-hydrogen) atoms. The Kier molecular flexibility index (Phi) is 8.09. The number of aliphatic hydroxyl groups is 1. The average Bonchev–Trinajstić information content (AvgIpc) is 2.69. The van der Waals surface area contributed by atoms with Crippen LogP contribution in [0.1, 0.15) is 57.8 Å². The van der Waals surface area contributed by atoms with Crippen LogP contribution in [0.4, 0.5) is 0 Å². The Balaban J connectivity index is 1.91. The molecule has 2 rings (SSSR count). The van der Waals surface area contributed by atoms with E-state index < -0.39 is 14.4 Å². The first-order chi connectivity index (χ1) is 12.4. The van der Waals surface area contributed by atoms with E-state index in [1.54, 1.807) is 21.3 Å². The highest BCUT2D eigenvalue weighted by Gasteiger charge is 2.50. The summed E-state index contributed by atoms with van der Waals surface area (Å²) in [7, 11) is 3.88. The summed E-state index contributed by atoms with van der Waals surface area (Å²) in [6.07, 6.45) is 8.55. The number of methoxy groups -OCH3 is 1. The van der Waals surface area contributed by atoms with E-state index in [4.69, 9.17) is 18.0 Å². The van der Waals surface area contributed by atoms with Crippen molar-refractivity contribution in [2.24, 2.45) is 17.8 Å². The SMILES string of the molecule is COC(=O)C1CCCCC1(O)C1CCC(CC[Si](OC)(OC)OC)CC1. The molecule has 2 aliphatic carbocycles. The molecule has 2 fully saturated rings. The molecule has 7 heteroatoms. The van der Waals surface area contributed by atoms with Crippen molar-refractivity contribution in [1.29, 1.82) is 0 Å². The molecule has 2 saturated carbocycles. The van der Waals surface area contributed by atoms with Crippen LogP contribution in [0.3, 0.4) is 0 Å². The zero-order valence-corrected chi connectivity index (χ0v) is 17.8. The minimum absolute atomic E-state index is 0.192. The maximum absolute atomic E-state index is 12.2. The molecule has 0 amide bonds. The lowest BCUT2D eigenvalue weighted by atomic mass is 9.63. The summed E-state index contributed by atoms with van der Waals surface area (Å²) in [6.45, 7) is 0. The monoisotopic (exact) mass is 388 g/mol. The summed E-state index contributed by atoms with van der Waals surface area (Å²) >= 11 is 0. The van der Waals surface area contributed by atoms with E-state index in [0.717, 1.165) is 63.8 Å². The first-order valence-electron chi connectivity index (χ1n) is 9.90. The zero-order valence-electron chi connectivity index (χ0n) is 16.8. The van der Waals surface area contributed by atoms with Crippen molar-refractivity contribution in [2.45, 2.75) is 69.4 Å². The van der Waals surface area contributed by atoms with Crippen molar-refractivity contribution < 1.29 is 27.9 Å². The van der Waals surface area contributed by atoms with Gasteiger partial charge in [0.25, 0.3) is 0 Å². The van der Waals surface area contributed by atoms with Crippen molar-refractivity contribution >= 4 is 14.8 Å². The average molecular weight is 389 g/mol. The van der Waals surface area contributed by atoms with Gasteiger partial charge in [0, 0.05) is 27.4 Å². The lowest BCUT2D eigenvalue weighted by Gasteiger charge is -2.46. The van der Waals surface area contributed by atoms with E-state index in [1.165, 1.54) is 7.11 Å². The van der Waals surface area contributed by atoms with Crippen molar-refractivity contribution in [2.75, 3.05) is 28.4 Å². The number of carbonyl (C=O) groups excluding carboxylic acids is 1. The molecule has 0 saturated heterocycles. The second-order valence-corrected chi connectivity index (χ2v) is 11.0. The summed E-state index contributed by atoms with van der Waals surface area (Å²) in [4.78, 5) is 12.2. The lowest BCUT2D eigenvalue weighted by molar-refractivity contribution is -0.168. The number of ether oxygens (including phenoxy) is 1. The van der Waals surface area contributed by atoms with Crippen LogP contribution in [0.15, 0.2) is 0 Å². The van der Waals surface area contributed by atoms with Crippen LogP contribution < -0.4 is 0 Å². The van der Waals surface area contributed by atoms with Crippen molar-refractivity contribution in [3.8, 4) is 0 Å². The molecule has 0 heterocycles. The van der Waals surface area contributed by atoms with E-state index in [0.29, 0.717) is 5.92 Å². The van der Waals surface area contributed by atoms with Gasteiger partial charge >= 0.3 is 14.8 Å². The second-order valence-electron chi connectivity index (χ2n) is 7.86. The second kappa shape index (κ2) is 9.64. The molecule has 2 atom stereocenters. The Morgan fingerprint density at radius 2 is 1.62 bits per heavy atom. The van der Waals surface area contributed by atoms with Crippen LogP contribution in [-0.4, -0.2) is 53.9 Å². The number of rotatable bonds is 8. The van der Waals surface area contributed by atoms with Gasteiger partial charge in [-0.15, -0.1) is 0 Å². The van der Waals surface area contributed by atoms with Gasteiger partial charge < -0.3 is 23.1 Å². The van der Waals surface area contributed by atoms with Crippen LogP contribution in [0.2, 0.25) is 6.04 Å². The van der Waals surface area contributed by atoms with E-state index >= 15 is 0 Å². The minimum Gasteiger partial charge on any atom is -0.469 e. The Morgan fingerprint density at radius 1 is 1.00 bits per heavy atom. The van der Waals surface area contributed by atoms with Gasteiger partial charge in [0.1, 0.15) is 0 Å². The zero-order chi connectivity index (χ0) is 19.2. The fraction of sp³-hybridized carbons (Fsp3) is 0.947. The summed E-state index contributed by atoms with van der Waals surface area (Å²) in [5, 5.41) is 11.4. The molecular weight excluding hydrogens is 352 g/mol. The van der Waals surface area contributed by atoms with Gasteiger partial charge in [-0.2, -0.15) is 0 Å². The van der Waals surface area contributed by atoms with Gasteiger partial charge in [0.15, 0.2) is 0 Å². The van der Waals surface area contributed by atoms with Crippen molar-refractivity contribution in [3.05, 3.63) is 0 Å². The first-order valence-corrected chi connectivity index (χ1v) is 11.8. The van der Waals surface area contributed by atoms with Crippen LogP contribution in [0.5, 0.6) is 0 Å². The molecule has 0 spiro atoms. The molecular formula is C19H36O6Si. The molecule has 0 aromatic heterocycles. The van der Waals surface area contributed by atoms with Gasteiger partial charge in [-0.05, 0) is 43.9 Å². The maximum Gasteiger partial charge on any atom is 0.500 e. The molecule has 0 aromatic carbocycles. The molecule has 0 aromatic rings. The Bertz CT molecular complexity index is 439. The standard InChI is InChI=1S/C19H36O6Si/c1-22-18(20)17-7-5-6-13-19(17,21)16-10-8-15(9-11-16)12-14-26(23-2,24-3)25-4/h15-17,21H,5-14H2,1-4H3. The van der Waals surface area contributed by atoms with Gasteiger partial charge in [-0.3, -0.25) is 4.79 Å². The van der Waals surface area contributed by atoms with Gasteiger partial charge in [0.2, 0.25) is 0 Å². The smallest absolute Gasteiger partial charge is 0.469 e. The van der Waals surface area contributed by atoms with Crippen LogP contribution in [0, 0.1) is 17.8 Å². The maximum atomic E-state index is 12.2. The molecule has 6 nitrogen and oxygen atoms in total. The summed E-state index contributed by atoms with van der Waals surface area (Å²) in [5.41, 5.74) is -0.888. The fourth-order valence-electron chi connectivity index (χ4n) is 5.02. The molecule has 0 radical (unpaired) electrons. The molecule has 0 bridgehead atoms. The quantitative estimate of drug-likeness (QED) is 0.509. The molecule has 2 aliphatic rings. The van der Waals surface area contributed by atoms with E-state index in [1.807, 2.05) is 0 Å². The van der Waals surface area contributed by atoms with E-state index in [-0.39, 0.29) is 17.8 Å². The fourth-order valence-corrected chi connectivity index (χ4v) is 6.90. The molecule has 152 valence electrons. The third-order valence-corrected chi connectivity index (χ3v) is 9.52. The van der Waals surface area contributed by atoms with Gasteiger partial charge in [0.05, 0.1) is 18.6 Å². The van der Waals surface area contributed by atoms with Gasteiger partial charge in [-0.1, -0.05) is 25.7 Å². The van der Waals surface area contributed by atoms with Crippen LogP contribution >= 0.6 is 0 Å². The predicted molar refractivity (Wildman–Crippen MR) is 101 cm³/mol. The molecule has 0 aliphatic heterocycles. The van der Waals surface area contributed by atoms with Crippen molar-refractivity contribution in [3.63, 3.8) is 0 Å². The highest BCUT2D eigenvalue weighted by atomic mass is 28.4.